The Labute approximate surface area is 144 Å². The summed E-state index contributed by atoms with van der Waals surface area (Å²) in [7, 11) is 1.23. The zero-order valence-corrected chi connectivity index (χ0v) is 14.5. The quantitative estimate of drug-likeness (QED) is 0.762. The van der Waals surface area contributed by atoms with E-state index in [2.05, 4.69) is 12.2 Å². The fourth-order valence-electron chi connectivity index (χ4n) is 3.41. The molecule has 2 rings (SSSR count). The van der Waals surface area contributed by atoms with Gasteiger partial charge in [0, 0.05) is 13.6 Å². The fraction of sp³-hybridized carbons (Fsp3) is 0.812. The maximum Gasteiger partial charge on any atom is 0.390 e. The number of carbonyl (C=O) groups is 3. The van der Waals surface area contributed by atoms with E-state index in [1.807, 2.05) is 0 Å². The van der Waals surface area contributed by atoms with E-state index in [9.17, 15) is 27.6 Å². The Morgan fingerprint density at radius 1 is 1.32 bits per heavy atom. The van der Waals surface area contributed by atoms with Gasteiger partial charge in [-0.05, 0) is 31.6 Å². The van der Waals surface area contributed by atoms with Crippen LogP contribution in [0.4, 0.5) is 18.0 Å². The van der Waals surface area contributed by atoms with Crippen molar-refractivity contribution in [2.75, 3.05) is 20.1 Å². The first-order valence-corrected chi connectivity index (χ1v) is 8.53. The first-order valence-electron chi connectivity index (χ1n) is 8.53. The summed E-state index contributed by atoms with van der Waals surface area (Å²) in [6.45, 7) is 1.05. The third-order valence-corrected chi connectivity index (χ3v) is 5.23. The summed E-state index contributed by atoms with van der Waals surface area (Å²) in [5.74, 6) is -0.601. The van der Waals surface area contributed by atoms with E-state index in [1.54, 1.807) is 0 Å². The van der Waals surface area contributed by atoms with Gasteiger partial charge >= 0.3 is 12.2 Å². The number of urea groups is 1. The largest absolute Gasteiger partial charge is 0.390 e. The number of likely N-dealkylation sites (N-methyl/N-ethyl adjacent to an activating group) is 1. The van der Waals surface area contributed by atoms with Crippen LogP contribution in [0, 0.1) is 5.92 Å². The van der Waals surface area contributed by atoms with Gasteiger partial charge in [-0.25, -0.2) is 4.79 Å². The fourth-order valence-corrected chi connectivity index (χ4v) is 3.41. The molecule has 1 aliphatic carbocycles. The minimum absolute atomic E-state index is 0.440. The summed E-state index contributed by atoms with van der Waals surface area (Å²) in [5, 5.41) is 2.70. The SMILES string of the molecule is CCC1CCC2(CC1)NC(=O)N(CC(=O)N(C)CCC(F)(F)F)C2=O. The average Bonchev–Trinajstić information content (AvgIpc) is 2.77. The van der Waals surface area contributed by atoms with E-state index in [4.69, 9.17) is 0 Å². The molecule has 0 aromatic heterocycles. The predicted molar refractivity (Wildman–Crippen MR) is 83.5 cm³/mol. The molecule has 9 heteroatoms. The highest BCUT2D eigenvalue weighted by Crippen LogP contribution is 2.37. The molecule has 0 radical (unpaired) electrons. The molecule has 1 saturated carbocycles. The molecule has 142 valence electrons. The smallest absolute Gasteiger partial charge is 0.344 e. The second-order valence-electron chi connectivity index (χ2n) is 6.94. The molecule has 0 aromatic rings. The standard InChI is InChI=1S/C16H24F3N3O3/c1-3-11-4-6-15(7-5-11)13(24)22(14(25)20-15)10-12(23)21(2)9-8-16(17,18)19/h11H,3-10H2,1-2H3,(H,20,25). The second-order valence-corrected chi connectivity index (χ2v) is 6.94. The average molecular weight is 363 g/mol. The Bertz CT molecular complexity index is 542. The van der Waals surface area contributed by atoms with Crippen LogP contribution in [0.5, 0.6) is 0 Å². The number of halogens is 3. The van der Waals surface area contributed by atoms with Gasteiger partial charge in [-0.2, -0.15) is 13.2 Å². The van der Waals surface area contributed by atoms with Crippen LogP contribution < -0.4 is 5.32 Å². The van der Waals surface area contributed by atoms with Gasteiger partial charge in [-0.1, -0.05) is 13.3 Å². The highest BCUT2D eigenvalue weighted by atomic mass is 19.4. The number of rotatable bonds is 5. The Morgan fingerprint density at radius 2 is 1.92 bits per heavy atom. The van der Waals surface area contributed by atoms with Crippen molar-refractivity contribution in [1.82, 2.24) is 15.1 Å². The number of hydrogen-bond acceptors (Lipinski definition) is 3. The lowest BCUT2D eigenvalue weighted by Crippen LogP contribution is -2.50. The Morgan fingerprint density at radius 3 is 2.44 bits per heavy atom. The van der Waals surface area contributed by atoms with Crippen molar-refractivity contribution in [1.29, 1.82) is 0 Å². The lowest BCUT2D eigenvalue weighted by molar-refractivity contribution is -0.146. The minimum atomic E-state index is -4.36. The van der Waals surface area contributed by atoms with Crippen LogP contribution in [-0.2, 0) is 9.59 Å². The maximum atomic E-state index is 12.7. The second kappa shape index (κ2) is 7.21. The Kier molecular flexibility index (Phi) is 5.63. The van der Waals surface area contributed by atoms with Gasteiger partial charge in [0.15, 0.2) is 0 Å². The Hall–Kier alpha value is -1.80. The number of alkyl halides is 3. The Balaban J connectivity index is 1.95. The van der Waals surface area contributed by atoms with Crippen LogP contribution in [0.1, 0.15) is 45.4 Å². The summed E-state index contributed by atoms with van der Waals surface area (Å²) < 4.78 is 36.7. The van der Waals surface area contributed by atoms with E-state index in [0.29, 0.717) is 18.8 Å². The van der Waals surface area contributed by atoms with Crippen LogP contribution in [0.25, 0.3) is 0 Å². The molecule has 2 fully saturated rings. The van der Waals surface area contributed by atoms with Crippen molar-refractivity contribution in [2.24, 2.45) is 5.92 Å². The van der Waals surface area contributed by atoms with Crippen LogP contribution >= 0.6 is 0 Å². The molecule has 1 N–H and O–H groups in total. The topological polar surface area (TPSA) is 69.7 Å². The zero-order chi connectivity index (χ0) is 18.8. The van der Waals surface area contributed by atoms with Gasteiger partial charge in [0.05, 0.1) is 6.42 Å². The van der Waals surface area contributed by atoms with Crippen molar-refractivity contribution in [3.63, 3.8) is 0 Å². The first-order chi connectivity index (χ1) is 11.6. The van der Waals surface area contributed by atoms with Crippen LogP contribution in [0.2, 0.25) is 0 Å². The first kappa shape index (κ1) is 19.5. The third-order valence-electron chi connectivity index (χ3n) is 5.23. The number of nitrogens with zero attached hydrogens (tertiary/aromatic N) is 2. The lowest BCUT2D eigenvalue weighted by atomic mass is 9.75. The number of hydrogen-bond donors (Lipinski definition) is 1. The molecule has 0 aromatic carbocycles. The molecule has 4 amide bonds. The highest BCUT2D eigenvalue weighted by molar-refractivity contribution is 6.09. The van der Waals surface area contributed by atoms with Crippen LogP contribution in [0.15, 0.2) is 0 Å². The van der Waals surface area contributed by atoms with E-state index in [1.165, 1.54) is 7.05 Å². The van der Waals surface area contributed by atoms with Crippen molar-refractivity contribution >= 4 is 17.8 Å². The molecule has 1 heterocycles. The van der Waals surface area contributed by atoms with E-state index in [-0.39, 0.29) is 0 Å². The van der Waals surface area contributed by atoms with Gasteiger partial charge in [0.25, 0.3) is 5.91 Å². The number of carbonyl (C=O) groups excluding carboxylic acids is 3. The molecule has 1 spiro atoms. The highest BCUT2D eigenvalue weighted by Gasteiger charge is 2.52. The molecular weight excluding hydrogens is 339 g/mol. The lowest BCUT2D eigenvalue weighted by Gasteiger charge is -2.34. The molecule has 0 atom stereocenters. The number of nitrogens with one attached hydrogen (secondary N) is 1. The molecule has 1 aliphatic heterocycles. The van der Waals surface area contributed by atoms with Gasteiger partial charge in [0.1, 0.15) is 12.1 Å². The van der Waals surface area contributed by atoms with Gasteiger partial charge in [0.2, 0.25) is 5.91 Å². The molecule has 2 aliphatic rings. The summed E-state index contributed by atoms with van der Waals surface area (Å²) in [6.07, 6.45) is -1.75. The van der Waals surface area contributed by atoms with Crippen molar-refractivity contribution in [3.05, 3.63) is 0 Å². The molecule has 25 heavy (non-hydrogen) atoms. The third kappa shape index (κ3) is 4.43. The number of amides is 4. The van der Waals surface area contributed by atoms with Gasteiger partial charge in [-0.15, -0.1) is 0 Å². The van der Waals surface area contributed by atoms with Gasteiger partial charge in [-0.3, -0.25) is 14.5 Å². The van der Waals surface area contributed by atoms with E-state index >= 15 is 0 Å². The molecule has 0 bridgehead atoms. The molecule has 6 nitrogen and oxygen atoms in total. The predicted octanol–water partition coefficient (Wildman–Crippen LogP) is 2.29. The van der Waals surface area contributed by atoms with Gasteiger partial charge < -0.3 is 10.2 Å². The maximum absolute atomic E-state index is 12.7. The van der Waals surface area contributed by atoms with Crippen molar-refractivity contribution in [2.45, 2.75) is 57.2 Å². The van der Waals surface area contributed by atoms with Crippen molar-refractivity contribution < 1.29 is 27.6 Å². The summed E-state index contributed by atoms with van der Waals surface area (Å²) in [5.41, 5.74) is -0.951. The molecular formula is C16H24F3N3O3. The van der Waals surface area contributed by atoms with E-state index < -0.39 is 49.1 Å². The number of imide groups is 1. The monoisotopic (exact) mass is 363 g/mol. The molecule has 1 saturated heterocycles. The molecule has 0 unspecified atom stereocenters. The van der Waals surface area contributed by atoms with Crippen LogP contribution in [-0.4, -0.2) is 59.5 Å². The van der Waals surface area contributed by atoms with Crippen LogP contribution in [0.3, 0.4) is 0 Å². The minimum Gasteiger partial charge on any atom is -0.344 e. The summed E-state index contributed by atoms with van der Waals surface area (Å²) >= 11 is 0. The zero-order valence-electron chi connectivity index (χ0n) is 14.5. The van der Waals surface area contributed by atoms with E-state index in [0.717, 1.165) is 29.1 Å². The summed E-state index contributed by atoms with van der Waals surface area (Å²) in [4.78, 5) is 38.6. The summed E-state index contributed by atoms with van der Waals surface area (Å²) in [6, 6.07) is -0.641. The van der Waals surface area contributed by atoms with Crippen molar-refractivity contribution in [3.8, 4) is 0 Å². The normalized spacial score (nSPS) is 26.9.